The normalized spacial score (nSPS) is 11.3. The van der Waals surface area contributed by atoms with Crippen LogP contribution in [-0.4, -0.2) is 23.9 Å². The summed E-state index contributed by atoms with van der Waals surface area (Å²) in [5, 5.41) is 0.632. The average molecular weight is 390 g/mol. The number of imidazole rings is 1. The first-order valence-corrected chi connectivity index (χ1v) is 9.60. The highest BCUT2D eigenvalue weighted by Gasteiger charge is 2.19. The molecule has 134 valence electrons. The minimum Gasteiger partial charge on any atom is -0.332 e. The first-order valence-electron chi connectivity index (χ1n) is 7.73. The molecular weight excluding hydrogens is 374 g/mol. The van der Waals surface area contributed by atoms with Crippen molar-refractivity contribution in [3.05, 3.63) is 82.9 Å². The van der Waals surface area contributed by atoms with Crippen LogP contribution in [0.1, 0.15) is 21.6 Å². The molecule has 3 rings (SSSR count). The third-order valence-electron chi connectivity index (χ3n) is 3.61. The molecule has 1 amide bonds. The first kappa shape index (κ1) is 18.2. The Morgan fingerprint density at radius 3 is 2.62 bits per heavy atom. The minimum atomic E-state index is -3.93. The zero-order valence-electron chi connectivity index (χ0n) is 13.9. The highest BCUT2D eigenvalue weighted by molar-refractivity contribution is 7.90. The van der Waals surface area contributed by atoms with Gasteiger partial charge in [-0.25, -0.2) is 18.1 Å². The molecule has 8 heteroatoms. The Balaban J connectivity index is 1.74. The van der Waals surface area contributed by atoms with Crippen LogP contribution in [0, 0.1) is 6.92 Å². The molecule has 0 fully saturated rings. The van der Waals surface area contributed by atoms with Gasteiger partial charge in [0.25, 0.3) is 15.9 Å². The van der Waals surface area contributed by atoms with Gasteiger partial charge in [0.15, 0.2) is 0 Å². The molecule has 3 aromatic rings. The zero-order chi connectivity index (χ0) is 18.7. The number of nitrogens with one attached hydrogen (secondary N) is 1. The SMILES string of the molecule is Cc1cc(Cl)cc(Cn2cnc(C(=O)NS(=O)(=O)c3ccccc3)c2)c1. The average Bonchev–Trinajstić information content (AvgIpc) is 3.03. The summed E-state index contributed by atoms with van der Waals surface area (Å²) in [6.45, 7) is 2.41. The zero-order valence-corrected chi connectivity index (χ0v) is 15.5. The Labute approximate surface area is 156 Å². The molecule has 0 unspecified atom stereocenters. The molecule has 0 aliphatic heterocycles. The number of sulfonamides is 1. The summed E-state index contributed by atoms with van der Waals surface area (Å²) in [5.41, 5.74) is 2.00. The second kappa shape index (κ2) is 7.31. The van der Waals surface area contributed by atoms with Crippen LogP contribution in [0.15, 0.2) is 66.0 Å². The number of carbonyl (C=O) groups is 1. The van der Waals surface area contributed by atoms with Gasteiger partial charge in [-0.1, -0.05) is 35.9 Å². The summed E-state index contributed by atoms with van der Waals surface area (Å²) < 4.78 is 28.1. The Bertz CT molecular complexity index is 1030. The highest BCUT2D eigenvalue weighted by atomic mass is 35.5. The topological polar surface area (TPSA) is 81.1 Å². The third-order valence-corrected chi connectivity index (χ3v) is 5.18. The first-order chi connectivity index (χ1) is 12.3. The summed E-state index contributed by atoms with van der Waals surface area (Å²) in [7, 11) is -3.93. The van der Waals surface area contributed by atoms with Crippen LogP contribution in [-0.2, 0) is 16.6 Å². The van der Waals surface area contributed by atoms with Crippen LogP contribution in [0.25, 0.3) is 0 Å². The summed E-state index contributed by atoms with van der Waals surface area (Å²) in [6, 6.07) is 13.3. The van der Waals surface area contributed by atoms with Gasteiger partial charge in [-0.3, -0.25) is 4.79 Å². The molecule has 0 bridgehead atoms. The maximum absolute atomic E-state index is 12.2. The number of carbonyl (C=O) groups excluding carboxylic acids is 1. The molecule has 1 heterocycles. The van der Waals surface area contributed by atoms with Gasteiger partial charge in [-0.2, -0.15) is 0 Å². The van der Waals surface area contributed by atoms with Crippen LogP contribution in [0.5, 0.6) is 0 Å². The largest absolute Gasteiger partial charge is 0.332 e. The number of benzene rings is 2. The maximum Gasteiger partial charge on any atom is 0.285 e. The van der Waals surface area contributed by atoms with Crippen LogP contribution in [0.2, 0.25) is 5.02 Å². The van der Waals surface area contributed by atoms with Crippen LogP contribution < -0.4 is 4.72 Å². The number of amides is 1. The van der Waals surface area contributed by atoms with Crippen molar-refractivity contribution < 1.29 is 13.2 Å². The quantitative estimate of drug-likeness (QED) is 0.727. The van der Waals surface area contributed by atoms with Gasteiger partial charge in [0, 0.05) is 17.8 Å². The lowest BCUT2D eigenvalue weighted by Crippen LogP contribution is -2.30. The standard InChI is InChI=1S/C18H16ClN3O3S/c1-13-7-14(9-15(19)8-13)10-22-11-17(20-12-22)18(23)21-26(24,25)16-5-3-2-4-6-16/h2-9,11-12H,10H2,1H3,(H,21,23). The molecule has 1 N–H and O–H groups in total. The van der Waals surface area contributed by atoms with E-state index in [1.165, 1.54) is 24.7 Å². The number of nitrogens with zero attached hydrogens (tertiary/aromatic N) is 2. The van der Waals surface area contributed by atoms with Gasteiger partial charge in [-0.05, 0) is 42.3 Å². The van der Waals surface area contributed by atoms with Crippen LogP contribution in [0.4, 0.5) is 0 Å². The van der Waals surface area contributed by atoms with Gasteiger partial charge in [0.05, 0.1) is 11.2 Å². The van der Waals surface area contributed by atoms with Gasteiger partial charge < -0.3 is 4.57 Å². The summed E-state index contributed by atoms with van der Waals surface area (Å²) >= 11 is 6.05. The van der Waals surface area contributed by atoms with Crippen molar-refractivity contribution in [3.8, 4) is 0 Å². The monoisotopic (exact) mass is 389 g/mol. The van der Waals surface area contributed by atoms with E-state index >= 15 is 0 Å². The highest BCUT2D eigenvalue weighted by Crippen LogP contribution is 2.16. The van der Waals surface area contributed by atoms with Crippen LogP contribution >= 0.6 is 11.6 Å². The number of rotatable bonds is 5. The molecule has 0 aliphatic rings. The molecule has 0 atom stereocenters. The fraction of sp³-hybridized carbons (Fsp3) is 0.111. The van der Waals surface area contributed by atoms with E-state index in [2.05, 4.69) is 4.98 Å². The number of aromatic nitrogens is 2. The van der Waals surface area contributed by atoms with E-state index in [1.54, 1.807) is 22.8 Å². The third kappa shape index (κ3) is 4.30. The van der Waals surface area contributed by atoms with Gasteiger partial charge in [0.1, 0.15) is 5.69 Å². The molecule has 2 aromatic carbocycles. The van der Waals surface area contributed by atoms with Crippen molar-refractivity contribution in [1.82, 2.24) is 14.3 Å². The fourth-order valence-corrected chi connectivity index (χ4v) is 3.81. The van der Waals surface area contributed by atoms with E-state index in [-0.39, 0.29) is 10.6 Å². The van der Waals surface area contributed by atoms with Gasteiger partial charge in [0.2, 0.25) is 0 Å². The molecule has 0 spiro atoms. The van der Waals surface area contributed by atoms with Crippen molar-refractivity contribution in [1.29, 1.82) is 0 Å². The lowest BCUT2D eigenvalue weighted by Gasteiger charge is -2.06. The Morgan fingerprint density at radius 2 is 1.92 bits per heavy atom. The number of hydrogen-bond donors (Lipinski definition) is 1. The maximum atomic E-state index is 12.2. The van der Waals surface area contributed by atoms with Crippen molar-refractivity contribution in [2.45, 2.75) is 18.4 Å². The predicted molar refractivity (Wildman–Crippen MR) is 98.6 cm³/mol. The molecule has 1 aromatic heterocycles. The van der Waals surface area contributed by atoms with Crippen molar-refractivity contribution in [2.24, 2.45) is 0 Å². The molecule has 26 heavy (non-hydrogen) atoms. The van der Waals surface area contributed by atoms with E-state index in [0.29, 0.717) is 11.6 Å². The lowest BCUT2D eigenvalue weighted by molar-refractivity contribution is 0.0977. The minimum absolute atomic E-state index is 0.0159. The fourth-order valence-electron chi connectivity index (χ4n) is 2.51. The van der Waals surface area contributed by atoms with E-state index in [9.17, 15) is 13.2 Å². The number of halogens is 1. The second-order valence-corrected chi connectivity index (χ2v) is 7.93. The Kier molecular flexibility index (Phi) is 5.11. The molecular formula is C18H16ClN3O3S. The number of aryl methyl sites for hydroxylation is 1. The molecule has 0 radical (unpaired) electrons. The Hall–Kier alpha value is -2.64. The van der Waals surface area contributed by atoms with Crippen LogP contribution in [0.3, 0.4) is 0 Å². The van der Waals surface area contributed by atoms with E-state index < -0.39 is 15.9 Å². The molecule has 0 saturated carbocycles. The molecule has 6 nitrogen and oxygen atoms in total. The summed E-state index contributed by atoms with van der Waals surface area (Å²) in [6.07, 6.45) is 2.96. The number of hydrogen-bond acceptors (Lipinski definition) is 4. The van der Waals surface area contributed by atoms with Crippen molar-refractivity contribution in [3.63, 3.8) is 0 Å². The summed E-state index contributed by atoms with van der Waals surface area (Å²) in [5.74, 6) is -0.783. The second-order valence-electron chi connectivity index (χ2n) is 5.82. The van der Waals surface area contributed by atoms with Crippen molar-refractivity contribution in [2.75, 3.05) is 0 Å². The van der Waals surface area contributed by atoms with Gasteiger partial charge in [-0.15, -0.1) is 0 Å². The predicted octanol–water partition coefficient (Wildman–Crippen LogP) is 3.01. The molecule has 0 saturated heterocycles. The smallest absolute Gasteiger partial charge is 0.285 e. The molecule has 0 aliphatic carbocycles. The van der Waals surface area contributed by atoms with E-state index in [4.69, 9.17) is 11.6 Å². The van der Waals surface area contributed by atoms with Gasteiger partial charge >= 0.3 is 0 Å². The lowest BCUT2D eigenvalue weighted by atomic mass is 10.1. The van der Waals surface area contributed by atoms with Crippen molar-refractivity contribution >= 4 is 27.5 Å². The summed E-state index contributed by atoms with van der Waals surface area (Å²) in [4.78, 5) is 16.2. The van der Waals surface area contributed by atoms with E-state index in [1.807, 2.05) is 29.8 Å². The Morgan fingerprint density at radius 1 is 1.19 bits per heavy atom. The van der Waals surface area contributed by atoms with E-state index in [0.717, 1.165) is 11.1 Å².